The first-order valence-electron chi connectivity index (χ1n) is 10.1. The largest absolute Gasteiger partial charge is 0.504 e. The summed E-state index contributed by atoms with van der Waals surface area (Å²) in [4.78, 5) is 0. The normalized spacial score (nSPS) is 11.0. The van der Waals surface area contributed by atoms with Crippen molar-refractivity contribution in [2.45, 2.75) is 45.4 Å². The summed E-state index contributed by atoms with van der Waals surface area (Å²) in [6.07, 6.45) is 6.92. The summed E-state index contributed by atoms with van der Waals surface area (Å²) < 4.78 is 0. The molecule has 0 bridgehead atoms. The molecule has 0 saturated carbocycles. The summed E-state index contributed by atoms with van der Waals surface area (Å²) in [5.41, 5.74) is 3.76. The molecule has 0 atom stereocenters. The van der Waals surface area contributed by atoms with E-state index in [4.69, 9.17) is 0 Å². The van der Waals surface area contributed by atoms with Crippen molar-refractivity contribution in [3.05, 3.63) is 59.2 Å². The summed E-state index contributed by atoms with van der Waals surface area (Å²) >= 11 is 0. The van der Waals surface area contributed by atoms with Crippen molar-refractivity contribution < 1.29 is 10.2 Å². The van der Waals surface area contributed by atoms with Crippen LogP contribution >= 0.6 is 0 Å². The number of aryl methyl sites for hydroxylation is 1. The van der Waals surface area contributed by atoms with Crippen LogP contribution in [0.25, 0.3) is 0 Å². The minimum absolute atomic E-state index is 0.0417. The van der Waals surface area contributed by atoms with Gasteiger partial charge in [0.1, 0.15) is 0 Å². The molecule has 0 aliphatic carbocycles. The standard InChI is InChI=1S/C23H34N2O2/c1-19-6-8-20(9-7-19)12-16-24-14-4-2-3-5-15-25-17-13-21-10-11-22(26)23(27)18-21/h6-11,18,24-27H,2-5,12-17H2,1H3. The van der Waals surface area contributed by atoms with Gasteiger partial charge in [0, 0.05) is 0 Å². The Balaban J connectivity index is 1.37. The fraction of sp³-hybridized carbons (Fsp3) is 0.478. The molecule has 0 unspecified atom stereocenters. The van der Waals surface area contributed by atoms with Gasteiger partial charge in [0.25, 0.3) is 0 Å². The lowest BCUT2D eigenvalue weighted by Gasteiger charge is -2.07. The van der Waals surface area contributed by atoms with Crippen LogP contribution in [-0.4, -0.2) is 36.4 Å². The number of hydrogen-bond acceptors (Lipinski definition) is 4. The lowest BCUT2D eigenvalue weighted by Crippen LogP contribution is -2.19. The molecule has 0 aliphatic rings. The van der Waals surface area contributed by atoms with Crippen molar-refractivity contribution in [3.63, 3.8) is 0 Å². The van der Waals surface area contributed by atoms with Crippen LogP contribution in [0.1, 0.15) is 42.4 Å². The van der Waals surface area contributed by atoms with Crippen LogP contribution in [0.3, 0.4) is 0 Å². The van der Waals surface area contributed by atoms with E-state index in [0.29, 0.717) is 0 Å². The molecule has 27 heavy (non-hydrogen) atoms. The van der Waals surface area contributed by atoms with Crippen molar-refractivity contribution in [1.29, 1.82) is 0 Å². The molecule has 0 saturated heterocycles. The van der Waals surface area contributed by atoms with Gasteiger partial charge in [-0.1, -0.05) is 48.7 Å². The van der Waals surface area contributed by atoms with Crippen LogP contribution < -0.4 is 10.6 Å². The number of aromatic hydroxyl groups is 2. The zero-order valence-electron chi connectivity index (χ0n) is 16.5. The summed E-state index contributed by atoms with van der Waals surface area (Å²) in [5.74, 6) is -0.101. The maximum absolute atomic E-state index is 9.47. The second-order valence-corrected chi connectivity index (χ2v) is 7.22. The van der Waals surface area contributed by atoms with Gasteiger partial charge in [0.15, 0.2) is 11.5 Å². The molecule has 4 N–H and O–H groups in total. The zero-order valence-corrected chi connectivity index (χ0v) is 16.5. The van der Waals surface area contributed by atoms with Crippen molar-refractivity contribution in [3.8, 4) is 11.5 Å². The number of benzene rings is 2. The highest BCUT2D eigenvalue weighted by molar-refractivity contribution is 5.40. The predicted octanol–water partition coefficient (Wildman–Crippen LogP) is 3.93. The number of nitrogens with one attached hydrogen (secondary N) is 2. The molecule has 0 heterocycles. The Morgan fingerprint density at radius 3 is 1.78 bits per heavy atom. The van der Waals surface area contributed by atoms with Crippen LogP contribution in [0.4, 0.5) is 0 Å². The van der Waals surface area contributed by atoms with Gasteiger partial charge in [-0.15, -0.1) is 0 Å². The van der Waals surface area contributed by atoms with E-state index in [2.05, 4.69) is 41.8 Å². The first-order chi connectivity index (χ1) is 13.1. The van der Waals surface area contributed by atoms with Gasteiger partial charge in [0.05, 0.1) is 0 Å². The number of unbranched alkanes of at least 4 members (excludes halogenated alkanes) is 3. The van der Waals surface area contributed by atoms with Crippen molar-refractivity contribution in [2.75, 3.05) is 26.2 Å². The molecule has 0 fully saturated rings. The molecule has 0 spiro atoms. The van der Waals surface area contributed by atoms with E-state index in [1.165, 1.54) is 36.8 Å². The van der Waals surface area contributed by atoms with Crippen LogP contribution in [0.5, 0.6) is 11.5 Å². The van der Waals surface area contributed by atoms with E-state index < -0.39 is 0 Å². The van der Waals surface area contributed by atoms with Crippen molar-refractivity contribution in [1.82, 2.24) is 10.6 Å². The van der Waals surface area contributed by atoms with Crippen molar-refractivity contribution in [2.24, 2.45) is 0 Å². The first-order valence-corrected chi connectivity index (χ1v) is 10.1. The maximum Gasteiger partial charge on any atom is 0.157 e. The predicted molar refractivity (Wildman–Crippen MR) is 113 cm³/mol. The van der Waals surface area contributed by atoms with Gasteiger partial charge >= 0.3 is 0 Å². The molecule has 2 aromatic rings. The molecular weight excluding hydrogens is 336 g/mol. The van der Waals surface area contributed by atoms with E-state index in [9.17, 15) is 10.2 Å². The first kappa shape index (κ1) is 21.3. The zero-order chi connectivity index (χ0) is 19.3. The third-order valence-electron chi connectivity index (χ3n) is 4.80. The molecule has 148 valence electrons. The summed E-state index contributed by atoms with van der Waals surface area (Å²) in [5, 5.41) is 25.7. The lowest BCUT2D eigenvalue weighted by atomic mass is 10.1. The molecule has 2 rings (SSSR count). The summed E-state index contributed by atoms with van der Waals surface area (Å²) in [7, 11) is 0. The minimum atomic E-state index is -0.0589. The van der Waals surface area contributed by atoms with E-state index in [0.717, 1.165) is 44.6 Å². The maximum atomic E-state index is 9.47. The second kappa shape index (κ2) is 12.4. The highest BCUT2D eigenvalue weighted by Crippen LogP contribution is 2.24. The van der Waals surface area contributed by atoms with Gasteiger partial charge in [-0.2, -0.15) is 0 Å². The molecule has 0 aliphatic heterocycles. The Bertz CT molecular complexity index is 656. The van der Waals surface area contributed by atoms with Gasteiger partial charge in [0.2, 0.25) is 0 Å². The van der Waals surface area contributed by atoms with Gasteiger partial charge in [-0.3, -0.25) is 0 Å². The monoisotopic (exact) mass is 370 g/mol. The highest BCUT2D eigenvalue weighted by atomic mass is 16.3. The molecule has 0 amide bonds. The second-order valence-electron chi connectivity index (χ2n) is 7.22. The molecule has 4 heteroatoms. The van der Waals surface area contributed by atoms with Crippen LogP contribution in [0.2, 0.25) is 0 Å². The summed E-state index contributed by atoms with van der Waals surface area (Å²) in [6.45, 7) is 6.20. The molecule has 0 radical (unpaired) electrons. The van der Waals surface area contributed by atoms with Gasteiger partial charge in [-0.05, 0) is 82.0 Å². The summed E-state index contributed by atoms with van der Waals surface area (Å²) in [6, 6.07) is 13.8. The third kappa shape index (κ3) is 8.94. The van der Waals surface area contributed by atoms with E-state index in [1.54, 1.807) is 12.1 Å². The Morgan fingerprint density at radius 1 is 0.630 bits per heavy atom. The quantitative estimate of drug-likeness (QED) is 0.319. The fourth-order valence-electron chi connectivity index (χ4n) is 3.05. The minimum Gasteiger partial charge on any atom is -0.504 e. The number of rotatable bonds is 13. The lowest BCUT2D eigenvalue weighted by molar-refractivity contribution is 0.403. The van der Waals surface area contributed by atoms with E-state index in [-0.39, 0.29) is 11.5 Å². The van der Waals surface area contributed by atoms with Crippen molar-refractivity contribution >= 4 is 0 Å². The molecular formula is C23H34N2O2. The van der Waals surface area contributed by atoms with E-state index >= 15 is 0 Å². The average molecular weight is 371 g/mol. The molecule has 2 aromatic carbocycles. The Kier molecular flexibility index (Phi) is 9.74. The van der Waals surface area contributed by atoms with Gasteiger partial charge in [-0.25, -0.2) is 0 Å². The SMILES string of the molecule is Cc1ccc(CCNCCCCCCNCCc2ccc(O)c(O)c2)cc1. The average Bonchev–Trinajstić information content (AvgIpc) is 2.67. The fourth-order valence-corrected chi connectivity index (χ4v) is 3.05. The Hall–Kier alpha value is -2.04. The topological polar surface area (TPSA) is 64.5 Å². The van der Waals surface area contributed by atoms with Crippen LogP contribution in [0.15, 0.2) is 42.5 Å². The Morgan fingerprint density at radius 2 is 1.19 bits per heavy atom. The van der Waals surface area contributed by atoms with Gasteiger partial charge < -0.3 is 20.8 Å². The smallest absolute Gasteiger partial charge is 0.157 e. The number of phenolic OH excluding ortho intramolecular Hbond substituents is 2. The number of hydrogen-bond donors (Lipinski definition) is 4. The molecule has 4 nitrogen and oxygen atoms in total. The highest BCUT2D eigenvalue weighted by Gasteiger charge is 2.00. The van der Waals surface area contributed by atoms with Crippen LogP contribution in [-0.2, 0) is 12.8 Å². The molecule has 0 aromatic heterocycles. The van der Waals surface area contributed by atoms with Crippen LogP contribution in [0, 0.1) is 6.92 Å². The van der Waals surface area contributed by atoms with E-state index in [1.807, 2.05) is 6.07 Å². The number of phenols is 2. The Labute approximate surface area is 163 Å². The third-order valence-corrected chi connectivity index (χ3v) is 4.80.